The summed E-state index contributed by atoms with van der Waals surface area (Å²) in [6.45, 7) is 2.64. The molecule has 0 aliphatic carbocycles. The van der Waals surface area contributed by atoms with E-state index < -0.39 is 5.41 Å². The van der Waals surface area contributed by atoms with Crippen LogP contribution in [0.25, 0.3) is 10.9 Å². The number of carbonyl (C=O) groups excluding carboxylic acids is 1. The van der Waals surface area contributed by atoms with Crippen LogP contribution in [0.5, 0.6) is 0 Å². The van der Waals surface area contributed by atoms with Crippen molar-refractivity contribution < 1.29 is 9.18 Å². The number of hydrogen-bond donors (Lipinski definition) is 0. The Balaban J connectivity index is 1.73. The summed E-state index contributed by atoms with van der Waals surface area (Å²) in [5.41, 5.74) is 2.15. The Kier molecular flexibility index (Phi) is 4.97. The number of anilines is 1. The van der Waals surface area contributed by atoms with Crippen molar-refractivity contribution >= 4 is 34.0 Å². The van der Waals surface area contributed by atoms with Crippen molar-refractivity contribution in [3.05, 3.63) is 70.6 Å². The zero-order valence-electron chi connectivity index (χ0n) is 16.0. The summed E-state index contributed by atoms with van der Waals surface area (Å²) in [6.07, 6.45) is 2.76. The van der Waals surface area contributed by atoms with E-state index in [2.05, 4.69) is 16.0 Å². The van der Waals surface area contributed by atoms with Gasteiger partial charge in [-0.1, -0.05) is 23.7 Å². The molecule has 1 saturated heterocycles. The normalized spacial score (nSPS) is 15.9. The van der Waals surface area contributed by atoms with E-state index in [-0.39, 0.29) is 11.6 Å². The molecule has 1 fully saturated rings. The molecular formula is C23H19ClFN3O. The average molecular weight is 408 g/mol. The summed E-state index contributed by atoms with van der Waals surface area (Å²) >= 11 is 6.00. The zero-order chi connectivity index (χ0) is 20.6. The van der Waals surface area contributed by atoms with Crippen molar-refractivity contribution in [2.45, 2.75) is 25.2 Å². The Morgan fingerprint density at radius 1 is 1.21 bits per heavy atom. The third kappa shape index (κ3) is 3.45. The predicted octanol–water partition coefficient (Wildman–Crippen LogP) is 5.29. The number of nitrogens with zero attached hydrogens (tertiary/aromatic N) is 3. The Morgan fingerprint density at radius 3 is 2.52 bits per heavy atom. The fourth-order valence-corrected chi connectivity index (χ4v) is 4.22. The SMILES string of the molecule is CC(=O)c1cnc2ccc(F)cc2c1N1CCC(C#N)(c2ccc(Cl)cc2)CC1. The molecule has 0 bridgehead atoms. The van der Waals surface area contributed by atoms with Gasteiger partial charge < -0.3 is 4.90 Å². The van der Waals surface area contributed by atoms with E-state index in [4.69, 9.17) is 11.6 Å². The van der Waals surface area contributed by atoms with Crippen molar-refractivity contribution in [1.82, 2.24) is 4.98 Å². The highest BCUT2D eigenvalue weighted by Crippen LogP contribution is 2.39. The van der Waals surface area contributed by atoms with Crippen LogP contribution in [-0.4, -0.2) is 23.9 Å². The van der Waals surface area contributed by atoms with Crippen LogP contribution in [-0.2, 0) is 5.41 Å². The number of halogens is 2. The van der Waals surface area contributed by atoms with Gasteiger partial charge in [-0.05, 0) is 55.7 Å². The van der Waals surface area contributed by atoms with E-state index in [1.54, 1.807) is 24.4 Å². The standard InChI is InChI=1S/C23H19ClFN3O/c1-15(29)20-13-27-21-7-6-18(25)12-19(21)22(20)28-10-8-23(14-26,9-11-28)16-2-4-17(24)5-3-16/h2-7,12-13H,8-11H2,1H3. The first-order chi connectivity index (χ1) is 13.9. The van der Waals surface area contributed by atoms with E-state index in [0.29, 0.717) is 53.1 Å². The molecule has 0 saturated carbocycles. The molecule has 1 aliphatic heterocycles. The van der Waals surface area contributed by atoms with Gasteiger partial charge in [-0.3, -0.25) is 9.78 Å². The number of aromatic nitrogens is 1. The quantitative estimate of drug-likeness (QED) is 0.553. The summed E-state index contributed by atoms with van der Waals surface area (Å²) in [7, 11) is 0. The molecule has 0 atom stereocenters. The van der Waals surface area contributed by atoms with Gasteiger partial charge in [0.15, 0.2) is 5.78 Å². The highest BCUT2D eigenvalue weighted by Gasteiger charge is 2.37. The van der Waals surface area contributed by atoms with Gasteiger partial charge >= 0.3 is 0 Å². The molecule has 3 aromatic rings. The minimum atomic E-state index is -0.606. The minimum Gasteiger partial charge on any atom is -0.370 e. The number of fused-ring (bicyclic) bond motifs is 1. The van der Waals surface area contributed by atoms with Gasteiger partial charge in [0, 0.05) is 29.7 Å². The maximum atomic E-state index is 14.0. The topological polar surface area (TPSA) is 57.0 Å². The molecule has 0 unspecified atom stereocenters. The Labute approximate surface area is 173 Å². The molecule has 4 nitrogen and oxygen atoms in total. The molecule has 6 heteroatoms. The van der Waals surface area contributed by atoms with E-state index in [1.165, 1.54) is 19.1 Å². The fourth-order valence-electron chi connectivity index (χ4n) is 4.10. The number of piperidine rings is 1. The van der Waals surface area contributed by atoms with Crippen LogP contribution in [0, 0.1) is 17.1 Å². The summed E-state index contributed by atoms with van der Waals surface area (Å²) < 4.78 is 14.0. The molecule has 29 heavy (non-hydrogen) atoms. The van der Waals surface area contributed by atoms with Crippen LogP contribution >= 0.6 is 11.6 Å². The highest BCUT2D eigenvalue weighted by molar-refractivity contribution is 6.30. The third-order valence-corrected chi connectivity index (χ3v) is 5.98. The zero-order valence-corrected chi connectivity index (χ0v) is 16.7. The van der Waals surface area contributed by atoms with Crippen LogP contribution < -0.4 is 4.90 Å². The van der Waals surface area contributed by atoms with Crippen LogP contribution in [0.4, 0.5) is 10.1 Å². The maximum Gasteiger partial charge on any atom is 0.163 e. The highest BCUT2D eigenvalue weighted by atomic mass is 35.5. The molecule has 0 radical (unpaired) electrons. The van der Waals surface area contributed by atoms with E-state index in [0.717, 1.165) is 5.56 Å². The number of nitriles is 1. The fraction of sp³-hybridized carbons (Fsp3) is 0.261. The Hall–Kier alpha value is -2.97. The first kappa shape index (κ1) is 19.4. The summed E-state index contributed by atoms with van der Waals surface area (Å²) in [4.78, 5) is 18.6. The van der Waals surface area contributed by atoms with Crippen molar-refractivity contribution in [1.29, 1.82) is 5.26 Å². The van der Waals surface area contributed by atoms with Crippen molar-refractivity contribution in [3.63, 3.8) is 0 Å². The third-order valence-electron chi connectivity index (χ3n) is 5.72. The first-order valence-corrected chi connectivity index (χ1v) is 9.83. The molecule has 1 aromatic heterocycles. The predicted molar refractivity (Wildman–Crippen MR) is 112 cm³/mol. The average Bonchev–Trinajstić information content (AvgIpc) is 2.73. The molecule has 2 aromatic carbocycles. The molecule has 2 heterocycles. The monoisotopic (exact) mass is 407 g/mol. The number of hydrogen-bond acceptors (Lipinski definition) is 4. The molecule has 1 aliphatic rings. The van der Waals surface area contributed by atoms with Gasteiger partial charge in [0.1, 0.15) is 5.82 Å². The molecule has 0 N–H and O–H groups in total. The van der Waals surface area contributed by atoms with E-state index in [9.17, 15) is 14.4 Å². The number of benzene rings is 2. The number of Topliss-reactive ketones (excluding diaryl/α,β-unsaturated/α-hetero) is 1. The summed E-state index contributed by atoms with van der Waals surface area (Å²) in [5, 5.41) is 11.2. The van der Waals surface area contributed by atoms with Crippen LogP contribution in [0.15, 0.2) is 48.7 Å². The number of ketones is 1. The van der Waals surface area contributed by atoms with Gasteiger partial charge in [-0.25, -0.2) is 4.39 Å². The lowest BCUT2D eigenvalue weighted by atomic mass is 9.74. The van der Waals surface area contributed by atoms with E-state index in [1.807, 2.05) is 12.1 Å². The molecule has 146 valence electrons. The van der Waals surface area contributed by atoms with E-state index >= 15 is 0 Å². The van der Waals surface area contributed by atoms with Gasteiger partial charge in [0.25, 0.3) is 0 Å². The number of rotatable bonds is 3. The largest absolute Gasteiger partial charge is 0.370 e. The number of carbonyl (C=O) groups is 1. The summed E-state index contributed by atoms with van der Waals surface area (Å²) in [5.74, 6) is -0.487. The van der Waals surface area contributed by atoms with Crippen molar-refractivity contribution in [2.75, 3.05) is 18.0 Å². The second-order valence-corrected chi connectivity index (χ2v) is 7.86. The Morgan fingerprint density at radius 2 is 1.90 bits per heavy atom. The maximum absolute atomic E-state index is 14.0. The molecular weight excluding hydrogens is 389 g/mol. The van der Waals surface area contributed by atoms with Crippen LogP contribution in [0.3, 0.4) is 0 Å². The van der Waals surface area contributed by atoms with Gasteiger partial charge in [0.05, 0.1) is 28.3 Å². The van der Waals surface area contributed by atoms with Crippen LogP contribution in [0.2, 0.25) is 5.02 Å². The van der Waals surface area contributed by atoms with Crippen molar-refractivity contribution in [2.24, 2.45) is 0 Å². The lowest BCUT2D eigenvalue weighted by Crippen LogP contribution is -2.42. The molecule has 0 amide bonds. The lowest BCUT2D eigenvalue weighted by molar-refractivity contribution is 0.101. The smallest absolute Gasteiger partial charge is 0.163 e. The second-order valence-electron chi connectivity index (χ2n) is 7.43. The van der Waals surface area contributed by atoms with Crippen LogP contribution in [0.1, 0.15) is 35.7 Å². The first-order valence-electron chi connectivity index (χ1n) is 9.45. The van der Waals surface area contributed by atoms with Crippen molar-refractivity contribution in [3.8, 4) is 6.07 Å². The van der Waals surface area contributed by atoms with Gasteiger partial charge in [0.2, 0.25) is 0 Å². The second kappa shape index (κ2) is 7.46. The number of pyridine rings is 1. The molecule has 0 spiro atoms. The Bertz CT molecular complexity index is 1130. The lowest BCUT2D eigenvalue weighted by Gasteiger charge is -2.39. The van der Waals surface area contributed by atoms with Gasteiger partial charge in [-0.2, -0.15) is 5.26 Å². The molecule has 4 rings (SSSR count). The minimum absolute atomic E-state index is 0.117. The summed E-state index contributed by atoms with van der Waals surface area (Å²) in [6, 6.07) is 14.3. The van der Waals surface area contributed by atoms with Gasteiger partial charge in [-0.15, -0.1) is 0 Å².